The van der Waals surface area contributed by atoms with Gasteiger partial charge in [0.2, 0.25) is 0 Å². The lowest BCUT2D eigenvalue weighted by Crippen LogP contribution is -2.23. The molecule has 2 aromatic rings. The van der Waals surface area contributed by atoms with Gasteiger partial charge < -0.3 is 9.90 Å². The van der Waals surface area contributed by atoms with Gasteiger partial charge in [0.15, 0.2) is 0 Å². The van der Waals surface area contributed by atoms with E-state index in [1.165, 1.54) is 12.1 Å². The first-order valence-corrected chi connectivity index (χ1v) is 5.16. The van der Waals surface area contributed by atoms with E-state index in [0.717, 1.165) is 11.1 Å². The van der Waals surface area contributed by atoms with E-state index in [1.54, 1.807) is 6.07 Å². The zero-order valence-corrected chi connectivity index (χ0v) is 9.24. The lowest BCUT2D eigenvalue weighted by Gasteiger charge is -2.09. The molecule has 0 N–H and O–H groups in total. The van der Waals surface area contributed by atoms with Gasteiger partial charge in [0.25, 0.3) is 0 Å². The van der Waals surface area contributed by atoms with Gasteiger partial charge in [0, 0.05) is 5.56 Å². The Morgan fingerprint density at radius 2 is 1.88 bits per heavy atom. The SMILES string of the molecule is Cc1ccccc1-c1ccc(C(=O)[O-])c(F)c1. The molecule has 3 heteroatoms. The highest BCUT2D eigenvalue weighted by molar-refractivity contribution is 5.87. The van der Waals surface area contributed by atoms with E-state index in [-0.39, 0.29) is 0 Å². The number of hydrogen-bond donors (Lipinski definition) is 0. The average Bonchev–Trinajstić information content (AvgIpc) is 2.29. The minimum atomic E-state index is -1.50. The molecule has 0 unspecified atom stereocenters. The summed E-state index contributed by atoms with van der Waals surface area (Å²) in [5, 5.41) is 10.6. The molecule has 0 atom stereocenters. The van der Waals surface area contributed by atoms with Gasteiger partial charge in [-0.05, 0) is 35.7 Å². The fourth-order valence-electron chi connectivity index (χ4n) is 1.74. The topological polar surface area (TPSA) is 40.1 Å². The standard InChI is InChI=1S/C14H11FO2/c1-9-4-2-3-5-11(9)10-6-7-12(14(16)17)13(15)8-10/h2-8H,1H3,(H,16,17)/p-1. The first-order chi connectivity index (χ1) is 8.09. The van der Waals surface area contributed by atoms with Crippen molar-refractivity contribution in [3.63, 3.8) is 0 Å². The maximum absolute atomic E-state index is 13.5. The normalized spacial score (nSPS) is 10.2. The Morgan fingerprint density at radius 3 is 2.47 bits per heavy atom. The second kappa shape index (κ2) is 4.37. The number of carbonyl (C=O) groups is 1. The molecule has 0 heterocycles. The van der Waals surface area contributed by atoms with Crippen LogP contribution in [0.5, 0.6) is 0 Å². The molecule has 0 aliphatic heterocycles. The van der Waals surface area contributed by atoms with Crippen LogP contribution in [-0.4, -0.2) is 5.97 Å². The lowest BCUT2D eigenvalue weighted by atomic mass is 9.99. The van der Waals surface area contributed by atoms with Gasteiger partial charge in [-0.2, -0.15) is 0 Å². The molecule has 86 valence electrons. The van der Waals surface area contributed by atoms with E-state index >= 15 is 0 Å². The van der Waals surface area contributed by atoms with Crippen molar-refractivity contribution in [2.24, 2.45) is 0 Å². The molecule has 0 aromatic heterocycles. The first kappa shape index (κ1) is 11.3. The molecule has 0 bridgehead atoms. The molecule has 0 fully saturated rings. The van der Waals surface area contributed by atoms with Crippen LogP contribution in [0.15, 0.2) is 42.5 Å². The van der Waals surface area contributed by atoms with Crippen molar-refractivity contribution < 1.29 is 14.3 Å². The highest BCUT2D eigenvalue weighted by atomic mass is 19.1. The minimum absolute atomic E-state index is 0.415. The van der Waals surface area contributed by atoms with Crippen LogP contribution in [0.4, 0.5) is 4.39 Å². The first-order valence-electron chi connectivity index (χ1n) is 5.16. The van der Waals surface area contributed by atoms with Gasteiger partial charge in [-0.25, -0.2) is 4.39 Å². The summed E-state index contributed by atoms with van der Waals surface area (Å²) in [7, 11) is 0. The summed E-state index contributed by atoms with van der Waals surface area (Å²) in [5.41, 5.74) is 2.14. The predicted octanol–water partition coefficient (Wildman–Crippen LogP) is 2.16. The average molecular weight is 229 g/mol. The van der Waals surface area contributed by atoms with Crippen LogP contribution in [0.3, 0.4) is 0 Å². The van der Waals surface area contributed by atoms with Crippen LogP contribution in [0.1, 0.15) is 15.9 Å². The monoisotopic (exact) mass is 229 g/mol. The van der Waals surface area contributed by atoms with Crippen LogP contribution >= 0.6 is 0 Å². The Balaban J connectivity index is 2.52. The summed E-state index contributed by atoms with van der Waals surface area (Å²) >= 11 is 0. The maximum Gasteiger partial charge on any atom is 0.132 e. The highest BCUT2D eigenvalue weighted by Gasteiger charge is 2.07. The second-order valence-electron chi connectivity index (χ2n) is 3.80. The molecule has 0 saturated carbocycles. The summed E-state index contributed by atoms with van der Waals surface area (Å²) in [6.45, 7) is 1.92. The molecule has 0 amide bonds. The number of carboxylic acids is 1. The molecular formula is C14H10FO2-. The highest BCUT2D eigenvalue weighted by Crippen LogP contribution is 2.24. The van der Waals surface area contributed by atoms with Crippen molar-refractivity contribution >= 4 is 5.97 Å². The summed E-state index contributed by atoms with van der Waals surface area (Å²) < 4.78 is 13.5. The Kier molecular flexibility index (Phi) is 2.91. The van der Waals surface area contributed by atoms with Crippen LogP contribution in [0, 0.1) is 12.7 Å². The van der Waals surface area contributed by atoms with E-state index in [1.807, 2.05) is 31.2 Å². The van der Waals surface area contributed by atoms with Crippen LogP contribution in [0.2, 0.25) is 0 Å². The Hall–Kier alpha value is -2.16. The van der Waals surface area contributed by atoms with E-state index in [2.05, 4.69) is 0 Å². The van der Waals surface area contributed by atoms with Crippen molar-refractivity contribution in [3.05, 3.63) is 59.4 Å². The van der Waals surface area contributed by atoms with Crippen LogP contribution in [0.25, 0.3) is 11.1 Å². The molecule has 0 aliphatic carbocycles. The summed E-state index contributed by atoms with van der Waals surface area (Å²) in [6.07, 6.45) is 0. The van der Waals surface area contributed by atoms with Gasteiger partial charge in [-0.3, -0.25) is 0 Å². The summed E-state index contributed by atoms with van der Waals surface area (Å²) in [5.74, 6) is -2.27. The van der Waals surface area contributed by atoms with Gasteiger partial charge in [-0.15, -0.1) is 0 Å². The number of aromatic carboxylic acids is 1. The Labute approximate surface area is 98.3 Å². The second-order valence-corrected chi connectivity index (χ2v) is 3.80. The fraction of sp³-hybridized carbons (Fsp3) is 0.0714. The molecule has 0 spiro atoms. The predicted molar refractivity (Wildman–Crippen MR) is 60.9 cm³/mol. The van der Waals surface area contributed by atoms with Crippen molar-refractivity contribution in [1.82, 2.24) is 0 Å². The van der Waals surface area contributed by atoms with Crippen molar-refractivity contribution in [2.75, 3.05) is 0 Å². The Bertz CT molecular complexity index is 576. The fourth-order valence-corrected chi connectivity index (χ4v) is 1.74. The molecule has 0 aliphatic rings. The largest absolute Gasteiger partial charge is 0.545 e. The quantitative estimate of drug-likeness (QED) is 0.791. The number of aryl methyl sites for hydroxylation is 1. The number of carboxylic acid groups (broad SMARTS) is 1. The van der Waals surface area contributed by atoms with Gasteiger partial charge in [0.05, 0.1) is 5.97 Å². The zero-order chi connectivity index (χ0) is 12.4. The third-order valence-corrected chi connectivity index (χ3v) is 2.65. The smallest absolute Gasteiger partial charge is 0.132 e. The number of hydrogen-bond acceptors (Lipinski definition) is 2. The van der Waals surface area contributed by atoms with Crippen LogP contribution < -0.4 is 5.11 Å². The van der Waals surface area contributed by atoms with Crippen molar-refractivity contribution in [1.29, 1.82) is 0 Å². The van der Waals surface area contributed by atoms with E-state index in [4.69, 9.17) is 0 Å². The maximum atomic E-state index is 13.5. The molecule has 2 aromatic carbocycles. The molecular weight excluding hydrogens is 219 g/mol. The third kappa shape index (κ3) is 2.18. The Morgan fingerprint density at radius 1 is 1.18 bits per heavy atom. The number of benzene rings is 2. The summed E-state index contributed by atoms with van der Waals surface area (Å²) in [6, 6.07) is 11.6. The molecule has 2 rings (SSSR count). The van der Waals surface area contributed by atoms with E-state index in [9.17, 15) is 14.3 Å². The number of carbonyl (C=O) groups excluding carboxylic acids is 1. The van der Waals surface area contributed by atoms with Gasteiger partial charge >= 0.3 is 0 Å². The number of halogens is 1. The van der Waals surface area contributed by atoms with E-state index in [0.29, 0.717) is 5.56 Å². The van der Waals surface area contributed by atoms with Crippen molar-refractivity contribution in [3.8, 4) is 11.1 Å². The summed E-state index contributed by atoms with van der Waals surface area (Å²) in [4.78, 5) is 10.6. The third-order valence-electron chi connectivity index (χ3n) is 2.65. The molecule has 0 saturated heterocycles. The molecule has 17 heavy (non-hydrogen) atoms. The molecule has 0 radical (unpaired) electrons. The lowest BCUT2D eigenvalue weighted by molar-refractivity contribution is -0.255. The van der Waals surface area contributed by atoms with Crippen molar-refractivity contribution in [2.45, 2.75) is 6.92 Å². The minimum Gasteiger partial charge on any atom is -0.545 e. The molecule has 2 nitrogen and oxygen atoms in total. The van der Waals surface area contributed by atoms with Crippen LogP contribution in [-0.2, 0) is 0 Å². The number of rotatable bonds is 2. The zero-order valence-electron chi connectivity index (χ0n) is 9.24. The van der Waals surface area contributed by atoms with Gasteiger partial charge in [-0.1, -0.05) is 30.3 Å². The van der Waals surface area contributed by atoms with E-state index < -0.39 is 17.3 Å². The van der Waals surface area contributed by atoms with Gasteiger partial charge in [0.1, 0.15) is 5.82 Å².